The number of hydrogen-bond donors (Lipinski definition) is 2. The third-order valence-corrected chi connectivity index (χ3v) is 3.78. The van der Waals surface area contributed by atoms with Crippen LogP contribution < -0.4 is 11.1 Å². The molecular weight excluding hydrogens is 264 g/mol. The van der Waals surface area contributed by atoms with Crippen molar-refractivity contribution in [1.29, 1.82) is 0 Å². The van der Waals surface area contributed by atoms with Crippen LogP contribution in [0.25, 0.3) is 10.9 Å². The Morgan fingerprint density at radius 2 is 2.05 bits per heavy atom. The van der Waals surface area contributed by atoms with E-state index in [-0.39, 0.29) is 18.0 Å². The van der Waals surface area contributed by atoms with E-state index in [1.54, 1.807) is 0 Å². The van der Waals surface area contributed by atoms with Gasteiger partial charge in [0.1, 0.15) is 0 Å². The Morgan fingerprint density at radius 3 is 2.67 bits per heavy atom. The van der Waals surface area contributed by atoms with Gasteiger partial charge in [0, 0.05) is 11.4 Å². The van der Waals surface area contributed by atoms with Crippen LogP contribution in [0.15, 0.2) is 30.5 Å². The fourth-order valence-electron chi connectivity index (χ4n) is 2.89. The van der Waals surface area contributed by atoms with Gasteiger partial charge < -0.3 is 11.1 Å². The predicted octanol–water partition coefficient (Wildman–Crippen LogP) is 2.23. The van der Waals surface area contributed by atoms with Crippen molar-refractivity contribution in [1.82, 2.24) is 15.1 Å². The number of benzene rings is 1. The number of amides is 1. The molecule has 0 aliphatic rings. The fourth-order valence-corrected chi connectivity index (χ4v) is 2.89. The van der Waals surface area contributed by atoms with Crippen LogP contribution in [-0.2, 0) is 4.79 Å². The number of nitrogens with zero attached hydrogens (tertiary/aromatic N) is 2. The molecule has 2 unspecified atom stereocenters. The van der Waals surface area contributed by atoms with E-state index in [2.05, 4.69) is 17.3 Å². The van der Waals surface area contributed by atoms with Crippen molar-refractivity contribution in [3.05, 3.63) is 30.5 Å². The number of primary amides is 1. The lowest BCUT2D eigenvalue weighted by Gasteiger charge is -2.32. The third-order valence-electron chi connectivity index (χ3n) is 3.78. The topological polar surface area (TPSA) is 72.9 Å². The number of hydrogen-bond acceptors (Lipinski definition) is 3. The van der Waals surface area contributed by atoms with Gasteiger partial charge in [0.2, 0.25) is 5.91 Å². The summed E-state index contributed by atoms with van der Waals surface area (Å²) in [4.78, 5) is 11.9. The third kappa shape index (κ3) is 3.24. The van der Waals surface area contributed by atoms with E-state index in [1.165, 1.54) is 0 Å². The summed E-state index contributed by atoms with van der Waals surface area (Å²) in [6.07, 6.45) is 2.44. The summed E-state index contributed by atoms with van der Waals surface area (Å²) in [6, 6.07) is 8.30. The first-order valence-electron chi connectivity index (χ1n) is 7.33. The lowest BCUT2D eigenvalue weighted by molar-refractivity contribution is -0.124. The Bertz CT molecular complexity index is 634. The molecule has 3 N–H and O–H groups in total. The zero-order valence-electron chi connectivity index (χ0n) is 13.1. The summed E-state index contributed by atoms with van der Waals surface area (Å²) in [7, 11) is 0. The van der Waals surface area contributed by atoms with E-state index in [4.69, 9.17) is 5.73 Å². The van der Waals surface area contributed by atoms with E-state index in [9.17, 15) is 4.79 Å². The fraction of sp³-hybridized carbons (Fsp3) is 0.500. The average Bonchev–Trinajstić information content (AvgIpc) is 2.81. The van der Waals surface area contributed by atoms with Crippen LogP contribution >= 0.6 is 0 Å². The maximum absolute atomic E-state index is 11.9. The van der Waals surface area contributed by atoms with Gasteiger partial charge >= 0.3 is 0 Å². The minimum atomic E-state index is -0.749. The van der Waals surface area contributed by atoms with Crippen molar-refractivity contribution in [2.45, 2.75) is 51.7 Å². The molecule has 1 amide bonds. The first-order valence-corrected chi connectivity index (χ1v) is 7.33. The predicted molar refractivity (Wildman–Crippen MR) is 84.9 cm³/mol. The molecule has 1 aromatic carbocycles. The van der Waals surface area contributed by atoms with E-state index >= 15 is 0 Å². The highest BCUT2D eigenvalue weighted by molar-refractivity contribution is 5.84. The van der Waals surface area contributed by atoms with Gasteiger partial charge in [0.15, 0.2) is 0 Å². The normalized spacial score (nSPS) is 16.0. The Hall–Kier alpha value is -1.88. The lowest BCUT2D eigenvalue weighted by atomic mass is 9.92. The smallest absolute Gasteiger partial charge is 0.237 e. The second-order valence-corrected chi connectivity index (χ2v) is 6.20. The van der Waals surface area contributed by atoms with Crippen LogP contribution in [0, 0.1) is 0 Å². The summed E-state index contributed by atoms with van der Waals surface area (Å²) in [5.41, 5.74) is 5.92. The van der Waals surface area contributed by atoms with Crippen LogP contribution in [0.5, 0.6) is 0 Å². The highest BCUT2D eigenvalue weighted by atomic mass is 16.1. The van der Waals surface area contributed by atoms with Gasteiger partial charge in [-0.2, -0.15) is 5.10 Å². The Morgan fingerprint density at radius 1 is 1.38 bits per heavy atom. The van der Waals surface area contributed by atoms with Gasteiger partial charge in [-0.05, 0) is 40.2 Å². The molecule has 0 radical (unpaired) electrons. The van der Waals surface area contributed by atoms with Gasteiger partial charge in [-0.15, -0.1) is 0 Å². The van der Waals surface area contributed by atoms with Crippen molar-refractivity contribution in [2.75, 3.05) is 0 Å². The first kappa shape index (κ1) is 15.5. The number of carbonyl (C=O) groups is 1. The zero-order valence-corrected chi connectivity index (χ0v) is 13.1. The van der Waals surface area contributed by atoms with E-state index in [0.29, 0.717) is 6.42 Å². The van der Waals surface area contributed by atoms with Crippen LogP contribution in [0.2, 0.25) is 0 Å². The number of rotatable bonds is 6. The molecular formula is C16H24N4O. The molecule has 2 rings (SSSR count). The Labute approximate surface area is 125 Å². The lowest BCUT2D eigenvalue weighted by Crippen LogP contribution is -2.56. The number of nitrogens with one attached hydrogen (secondary N) is 1. The second kappa shape index (κ2) is 5.85. The second-order valence-electron chi connectivity index (χ2n) is 6.20. The van der Waals surface area contributed by atoms with E-state index in [0.717, 1.165) is 10.9 Å². The van der Waals surface area contributed by atoms with Crippen molar-refractivity contribution >= 4 is 16.8 Å². The molecule has 2 aromatic rings. The van der Waals surface area contributed by atoms with Gasteiger partial charge in [0.05, 0.1) is 23.3 Å². The van der Waals surface area contributed by atoms with Crippen molar-refractivity contribution in [2.24, 2.45) is 5.73 Å². The summed E-state index contributed by atoms with van der Waals surface area (Å²) >= 11 is 0. The largest absolute Gasteiger partial charge is 0.368 e. The molecule has 1 heterocycles. The Kier molecular flexibility index (Phi) is 4.32. The van der Waals surface area contributed by atoms with Crippen LogP contribution in [-0.4, -0.2) is 27.3 Å². The molecule has 0 saturated carbocycles. The molecule has 0 aliphatic carbocycles. The highest BCUT2D eigenvalue weighted by Crippen LogP contribution is 2.25. The maximum atomic E-state index is 11.9. The number of nitrogens with two attached hydrogens (primary N) is 1. The molecule has 2 atom stereocenters. The molecule has 5 nitrogen and oxygen atoms in total. The molecule has 0 saturated heterocycles. The molecule has 5 heteroatoms. The van der Waals surface area contributed by atoms with Crippen molar-refractivity contribution in [3.8, 4) is 0 Å². The van der Waals surface area contributed by atoms with Crippen LogP contribution in [0.4, 0.5) is 0 Å². The maximum Gasteiger partial charge on any atom is 0.237 e. The summed E-state index contributed by atoms with van der Waals surface area (Å²) in [5.74, 6) is -0.334. The number of carbonyl (C=O) groups excluding carboxylic acids is 1. The quantitative estimate of drug-likeness (QED) is 0.856. The van der Waals surface area contributed by atoms with Crippen molar-refractivity contribution < 1.29 is 4.79 Å². The standard InChI is InChI=1S/C16H24N4O/c1-11(2)19-16(4,15(17)21)9-12(3)20-14-8-6-5-7-13(14)10-18-20/h5-8,10-12,19H,9H2,1-4H3,(H2,17,21). The number of para-hydroxylation sites is 1. The average molecular weight is 288 g/mol. The van der Waals surface area contributed by atoms with Crippen LogP contribution in [0.3, 0.4) is 0 Å². The van der Waals surface area contributed by atoms with Gasteiger partial charge in [0.25, 0.3) is 0 Å². The highest BCUT2D eigenvalue weighted by Gasteiger charge is 2.34. The SMILES string of the molecule is CC(C)NC(C)(CC(C)n1ncc2ccccc21)C(N)=O. The van der Waals surface area contributed by atoms with Gasteiger partial charge in [-0.3, -0.25) is 9.48 Å². The van der Waals surface area contributed by atoms with Gasteiger partial charge in [-0.1, -0.05) is 18.2 Å². The minimum Gasteiger partial charge on any atom is -0.368 e. The molecule has 0 bridgehead atoms. The number of fused-ring (bicyclic) bond motifs is 1. The zero-order chi connectivity index (χ0) is 15.6. The monoisotopic (exact) mass is 288 g/mol. The van der Waals surface area contributed by atoms with E-state index in [1.807, 2.05) is 55.9 Å². The molecule has 0 aliphatic heterocycles. The van der Waals surface area contributed by atoms with Crippen molar-refractivity contribution in [3.63, 3.8) is 0 Å². The van der Waals surface area contributed by atoms with E-state index < -0.39 is 5.54 Å². The molecule has 0 spiro atoms. The minimum absolute atomic E-state index is 0.0636. The number of aromatic nitrogens is 2. The molecule has 114 valence electrons. The summed E-state index contributed by atoms with van der Waals surface area (Å²) in [5, 5.41) is 8.83. The van der Waals surface area contributed by atoms with Gasteiger partial charge in [-0.25, -0.2) is 0 Å². The first-order chi connectivity index (χ1) is 9.83. The molecule has 0 fully saturated rings. The van der Waals surface area contributed by atoms with Crippen LogP contribution in [0.1, 0.15) is 40.2 Å². The molecule has 21 heavy (non-hydrogen) atoms. The summed E-state index contributed by atoms with van der Waals surface area (Å²) < 4.78 is 1.96. The molecule has 1 aromatic heterocycles. The summed E-state index contributed by atoms with van der Waals surface area (Å²) in [6.45, 7) is 7.94. The Balaban J connectivity index is 2.27.